The second kappa shape index (κ2) is 10.9. The van der Waals surface area contributed by atoms with E-state index < -0.39 is 0 Å². The van der Waals surface area contributed by atoms with Crippen LogP contribution in [0.2, 0.25) is 0 Å². The van der Waals surface area contributed by atoms with E-state index in [0.29, 0.717) is 28.9 Å². The second-order valence-electron chi connectivity index (χ2n) is 12.3. The van der Waals surface area contributed by atoms with Gasteiger partial charge >= 0.3 is 0 Å². The van der Waals surface area contributed by atoms with E-state index in [-0.39, 0.29) is 5.91 Å². The molecule has 0 heterocycles. The zero-order valence-electron chi connectivity index (χ0n) is 21.6. The number of ether oxygens (including phenoxy) is 1. The lowest BCUT2D eigenvalue weighted by Crippen LogP contribution is -2.52. The van der Waals surface area contributed by atoms with Crippen molar-refractivity contribution in [2.45, 2.75) is 117 Å². The van der Waals surface area contributed by atoms with Crippen LogP contribution in [0.5, 0.6) is 0 Å². The zero-order valence-corrected chi connectivity index (χ0v) is 23.8. The molecule has 1 unspecified atom stereocenters. The summed E-state index contributed by atoms with van der Waals surface area (Å²) in [6.45, 7) is 10.0. The van der Waals surface area contributed by atoms with Crippen LogP contribution in [0.3, 0.4) is 0 Å². The Labute approximate surface area is 216 Å². The first kappa shape index (κ1) is 26.0. The van der Waals surface area contributed by atoms with Crippen LogP contribution in [0.1, 0.15) is 105 Å². The zero-order chi connectivity index (χ0) is 23.6. The number of alkyl halides is 1. The standard InChI is InChI=1S/C29H48INO2/c1-20(31-21(2)32)25-11-12-26-24-10-9-22-19-23(33-18-8-6-5-7-17-30)13-15-28(22,3)27(24)14-16-29(25,26)4/h9,20,23-27H,5-8,10-19H2,1-4H3,(H,31,32)/t20?,23-,24-,25+,26-,27-,28-,29+/m0/s1. The van der Waals surface area contributed by atoms with Crippen LogP contribution in [0, 0.1) is 34.5 Å². The maximum absolute atomic E-state index is 11.7. The van der Waals surface area contributed by atoms with E-state index in [9.17, 15) is 4.79 Å². The Morgan fingerprint density at radius 2 is 1.91 bits per heavy atom. The first-order valence-corrected chi connectivity index (χ1v) is 15.5. The quantitative estimate of drug-likeness (QED) is 0.135. The molecule has 1 N–H and O–H groups in total. The van der Waals surface area contributed by atoms with Gasteiger partial charge in [-0.3, -0.25) is 4.79 Å². The summed E-state index contributed by atoms with van der Waals surface area (Å²) in [6, 6.07) is 0.300. The lowest BCUT2D eigenvalue weighted by molar-refractivity contribution is -0.120. The topological polar surface area (TPSA) is 38.3 Å². The third-order valence-electron chi connectivity index (χ3n) is 10.5. The van der Waals surface area contributed by atoms with Gasteiger partial charge in [0, 0.05) is 19.6 Å². The van der Waals surface area contributed by atoms with Gasteiger partial charge in [0.1, 0.15) is 0 Å². The van der Waals surface area contributed by atoms with E-state index >= 15 is 0 Å². The van der Waals surface area contributed by atoms with Gasteiger partial charge < -0.3 is 10.1 Å². The van der Waals surface area contributed by atoms with Crippen LogP contribution in [-0.2, 0) is 9.53 Å². The van der Waals surface area contributed by atoms with Gasteiger partial charge in [0.05, 0.1) is 6.10 Å². The van der Waals surface area contributed by atoms with Crippen molar-refractivity contribution in [1.29, 1.82) is 0 Å². The molecule has 0 aromatic heterocycles. The maximum atomic E-state index is 11.7. The van der Waals surface area contributed by atoms with Crippen molar-refractivity contribution in [3.05, 3.63) is 11.6 Å². The number of unbranched alkanes of at least 4 members (excludes halogenated alkanes) is 3. The molecule has 3 fully saturated rings. The molecule has 33 heavy (non-hydrogen) atoms. The molecule has 4 heteroatoms. The van der Waals surface area contributed by atoms with E-state index in [1.807, 2.05) is 0 Å². The molecule has 4 aliphatic rings. The lowest BCUT2D eigenvalue weighted by Gasteiger charge is -2.58. The first-order valence-electron chi connectivity index (χ1n) is 13.9. The molecule has 188 valence electrons. The largest absolute Gasteiger partial charge is 0.378 e. The highest BCUT2D eigenvalue weighted by atomic mass is 127. The molecule has 4 rings (SSSR count). The minimum absolute atomic E-state index is 0.126. The van der Waals surface area contributed by atoms with Crippen molar-refractivity contribution in [1.82, 2.24) is 5.32 Å². The van der Waals surface area contributed by atoms with E-state index in [4.69, 9.17) is 4.74 Å². The molecular formula is C29H48INO2. The number of carbonyl (C=O) groups excluding carboxylic acids is 1. The van der Waals surface area contributed by atoms with Crippen molar-refractivity contribution >= 4 is 28.5 Å². The summed E-state index contributed by atoms with van der Waals surface area (Å²) in [5.41, 5.74) is 2.52. The smallest absolute Gasteiger partial charge is 0.217 e. The fourth-order valence-corrected chi connectivity index (χ4v) is 9.39. The molecule has 0 saturated heterocycles. The van der Waals surface area contributed by atoms with Gasteiger partial charge in [0.25, 0.3) is 0 Å². The van der Waals surface area contributed by atoms with Crippen molar-refractivity contribution < 1.29 is 9.53 Å². The number of allylic oxidation sites excluding steroid dienone is 1. The molecule has 0 bridgehead atoms. The SMILES string of the molecule is CC(=O)NC(C)[C@H]1CC[C@H]2[C@@H]3CC=C4C[C@@H](OCCCCCCI)CC[C@]4(C)[C@H]3CC[C@]12C. The predicted octanol–water partition coefficient (Wildman–Crippen LogP) is 7.47. The molecular weight excluding hydrogens is 521 g/mol. The van der Waals surface area contributed by atoms with Gasteiger partial charge in [0.15, 0.2) is 0 Å². The molecule has 1 amide bonds. The molecule has 3 saturated carbocycles. The van der Waals surface area contributed by atoms with Crippen molar-refractivity contribution in [3.8, 4) is 0 Å². The molecule has 4 aliphatic carbocycles. The monoisotopic (exact) mass is 569 g/mol. The summed E-state index contributed by atoms with van der Waals surface area (Å²) in [4.78, 5) is 11.7. The highest BCUT2D eigenvalue weighted by Gasteiger charge is 2.59. The van der Waals surface area contributed by atoms with Crippen LogP contribution < -0.4 is 5.32 Å². The number of halogens is 1. The van der Waals surface area contributed by atoms with E-state index in [0.717, 1.165) is 24.4 Å². The molecule has 3 nitrogen and oxygen atoms in total. The average Bonchev–Trinajstić information content (AvgIpc) is 3.13. The van der Waals surface area contributed by atoms with E-state index in [1.54, 1.807) is 12.5 Å². The van der Waals surface area contributed by atoms with E-state index in [2.05, 4.69) is 54.8 Å². The summed E-state index contributed by atoms with van der Waals surface area (Å²) in [7, 11) is 0. The van der Waals surface area contributed by atoms with Gasteiger partial charge in [-0.1, -0.05) is 60.9 Å². The summed E-state index contributed by atoms with van der Waals surface area (Å²) in [5.74, 6) is 3.26. The van der Waals surface area contributed by atoms with Gasteiger partial charge in [-0.25, -0.2) is 0 Å². The summed E-state index contributed by atoms with van der Waals surface area (Å²) >= 11 is 2.48. The fourth-order valence-electron chi connectivity index (χ4n) is 8.85. The first-order chi connectivity index (χ1) is 15.8. The Kier molecular flexibility index (Phi) is 8.57. The Bertz CT molecular complexity index is 722. The molecule has 8 atom stereocenters. The van der Waals surface area contributed by atoms with Gasteiger partial charge in [-0.05, 0) is 110 Å². The van der Waals surface area contributed by atoms with Crippen LogP contribution in [-0.4, -0.2) is 29.1 Å². The van der Waals surface area contributed by atoms with Gasteiger partial charge in [-0.2, -0.15) is 0 Å². The minimum atomic E-state index is 0.126. The summed E-state index contributed by atoms with van der Waals surface area (Å²) < 4.78 is 7.66. The van der Waals surface area contributed by atoms with Gasteiger partial charge in [0.2, 0.25) is 5.91 Å². The highest BCUT2D eigenvalue weighted by Crippen LogP contribution is 2.66. The predicted molar refractivity (Wildman–Crippen MR) is 146 cm³/mol. The lowest BCUT2D eigenvalue weighted by atomic mass is 9.47. The molecule has 0 spiro atoms. The Morgan fingerprint density at radius 3 is 2.67 bits per heavy atom. The minimum Gasteiger partial charge on any atom is -0.378 e. The number of hydrogen-bond acceptors (Lipinski definition) is 2. The maximum Gasteiger partial charge on any atom is 0.217 e. The molecule has 0 aromatic rings. The Hall–Kier alpha value is -0.100. The number of hydrogen-bond donors (Lipinski definition) is 1. The summed E-state index contributed by atoms with van der Waals surface area (Å²) in [6.07, 6.45) is 18.7. The van der Waals surface area contributed by atoms with Crippen molar-refractivity contribution in [3.63, 3.8) is 0 Å². The van der Waals surface area contributed by atoms with Crippen LogP contribution >= 0.6 is 22.6 Å². The Morgan fingerprint density at radius 1 is 1.12 bits per heavy atom. The fraction of sp³-hybridized carbons (Fsp3) is 0.897. The third kappa shape index (κ3) is 5.22. The second-order valence-corrected chi connectivity index (χ2v) is 13.4. The van der Waals surface area contributed by atoms with Crippen molar-refractivity contribution in [2.75, 3.05) is 11.0 Å². The van der Waals surface area contributed by atoms with Crippen molar-refractivity contribution in [2.24, 2.45) is 34.5 Å². The Balaban J connectivity index is 1.38. The summed E-state index contributed by atoms with van der Waals surface area (Å²) in [5, 5.41) is 3.24. The van der Waals surface area contributed by atoms with Crippen LogP contribution in [0.4, 0.5) is 0 Å². The van der Waals surface area contributed by atoms with Gasteiger partial charge in [-0.15, -0.1) is 0 Å². The normalized spacial score (nSPS) is 40.9. The highest BCUT2D eigenvalue weighted by molar-refractivity contribution is 14.1. The van der Waals surface area contributed by atoms with E-state index in [1.165, 1.54) is 81.5 Å². The number of amides is 1. The molecule has 0 aromatic carbocycles. The third-order valence-corrected chi connectivity index (χ3v) is 11.3. The number of rotatable bonds is 9. The number of carbonyl (C=O) groups is 1. The number of nitrogens with one attached hydrogen (secondary N) is 1. The molecule has 0 aliphatic heterocycles. The van der Waals surface area contributed by atoms with Crippen LogP contribution in [0.25, 0.3) is 0 Å². The average molecular weight is 570 g/mol. The molecule has 0 radical (unpaired) electrons. The van der Waals surface area contributed by atoms with Crippen LogP contribution in [0.15, 0.2) is 11.6 Å². The number of fused-ring (bicyclic) bond motifs is 5.